The summed E-state index contributed by atoms with van der Waals surface area (Å²) in [7, 11) is 0. The first-order valence-electron chi connectivity index (χ1n) is 9.71. The Labute approximate surface area is 185 Å². The van der Waals surface area contributed by atoms with Crippen LogP contribution in [0.5, 0.6) is 5.75 Å². The van der Waals surface area contributed by atoms with Crippen LogP contribution in [0.4, 0.5) is 0 Å². The van der Waals surface area contributed by atoms with Crippen molar-refractivity contribution in [3.05, 3.63) is 64.1 Å². The molecule has 8 N–H and O–H groups in total. The van der Waals surface area contributed by atoms with E-state index >= 15 is 0 Å². The molecule has 0 aliphatic heterocycles. The number of nitrogens with zero attached hydrogens (tertiary/aromatic N) is 1. The largest absolute Gasteiger partial charge is 0.508 e. The van der Waals surface area contributed by atoms with Crippen LogP contribution in [0.2, 0.25) is 0 Å². The number of phenols is 1. The predicted octanol–water partition coefficient (Wildman–Crippen LogP) is -0.696. The Morgan fingerprint density at radius 1 is 1.09 bits per heavy atom. The van der Waals surface area contributed by atoms with Crippen LogP contribution in [0.1, 0.15) is 27.1 Å². The normalized spacial score (nSPS) is 12.8. The molecule has 0 aliphatic carbocycles. The number of H-pyrrole nitrogens is 1. The minimum atomic E-state index is -1.43. The van der Waals surface area contributed by atoms with Crippen molar-refractivity contribution in [1.29, 1.82) is 0 Å². The number of fused-ring (bicyclic) bond motifs is 1. The summed E-state index contributed by atoms with van der Waals surface area (Å²) in [6, 6.07) is 7.10. The van der Waals surface area contributed by atoms with Gasteiger partial charge in [0.15, 0.2) is 0 Å². The van der Waals surface area contributed by atoms with Gasteiger partial charge in [-0.2, -0.15) is 0 Å². The summed E-state index contributed by atoms with van der Waals surface area (Å²) in [4.78, 5) is 63.3. The maximum absolute atomic E-state index is 13.4. The van der Waals surface area contributed by atoms with Gasteiger partial charge in [0.05, 0.1) is 23.5 Å². The average molecular weight is 455 g/mol. The molecule has 2 amide bonds. The van der Waals surface area contributed by atoms with Crippen molar-refractivity contribution < 1.29 is 29.4 Å². The summed E-state index contributed by atoms with van der Waals surface area (Å²) in [6.07, 6.45) is -0.764. The molecule has 1 heterocycles. The lowest BCUT2D eigenvalue weighted by atomic mass is 10.0. The summed E-state index contributed by atoms with van der Waals surface area (Å²) >= 11 is 0. The summed E-state index contributed by atoms with van der Waals surface area (Å²) in [6.45, 7) is 0. The number of benzene rings is 2. The number of carbonyl (C=O) groups excluding carboxylic acids is 3. The maximum atomic E-state index is 13.4. The van der Waals surface area contributed by atoms with Crippen LogP contribution in [0, 0.1) is 0 Å². The summed E-state index contributed by atoms with van der Waals surface area (Å²) < 4.78 is 0.760. The minimum Gasteiger partial charge on any atom is -0.508 e. The zero-order valence-corrected chi connectivity index (χ0v) is 17.1. The van der Waals surface area contributed by atoms with E-state index in [9.17, 15) is 29.1 Å². The van der Waals surface area contributed by atoms with Gasteiger partial charge < -0.3 is 32.0 Å². The fraction of sp³-hybridized carbons (Fsp3) is 0.190. The third-order valence-corrected chi connectivity index (χ3v) is 4.91. The van der Waals surface area contributed by atoms with E-state index in [2.05, 4.69) is 10.3 Å². The van der Waals surface area contributed by atoms with Crippen molar-refractivity contribution in [2.45, 2.75) is 24.9 Å². The molecule has 33 heavy (non-hydrogen) atoms. The highest BCUT2D eigenvalue weighted by atomic mass is 16.4. The second kappa shape index (κ2) is 9.36. The lowest BCUT2D eigenvalue weighted by Crippen LogP contribution is -2.52. The summed E-state index contributed by atoms with van der Waals surface area (Å²) in [5.41, 5.74) is 11.0. The number of nitrogens with two attached hydrogens (primary N) is 2. The number of amides is 2. The number of imidazole rings is 1. The van der Waals surface area contributed by atoms with Crippen molar-refractivity contribution in [3.8, 4) is 5.75 Å². The van der Waals surface area contributed by atoms with Crippen LogP contribution >= 0.6 is 0 Å². The standard InChI is InChI=1S/C21H21N5O7/c22-13(9-17(28)29)19(31)24-15(7-10-1-4-12(27)5-2-10)20(32)26-16-8-11(18(23)30)3-6-14(16)25-21(26)33/h1-6,8,13,15,27H,7,9,22H2,(H2,23,30)(H,24,31)(H,25,33)(H,28,29). The number of primary amides is 1. The Balaban J connectivity index is 2.02. The molecule has 12 heteroatoms. The molecule has 0 bridgehead atoms. The van der Waals surface area contributed by atoms with E-state index in [1.54, 1.807) is 0 Å². The molecule has 0 fully saturated rings. The van der Waals surface area contributed by atoms with Gasteiger partial charge in [0.2, 0.25) is 11.8 Å². The Kier molecular flexibility index (Phi) is 6.59. The van der Waals surface area contributed by atoms with E-state index in [-0.39, 0.29) is 28.8 Å². The monoisotopic (exact) mass is 455 g/mol. The molecular formula is C21H21N5O7. The molecule has 1 aromatic heterocycles. The number of aromatic nitrogens is 2. The molecule has 0 radical (unpaired) electrons. The number of aromatic amines is 1. The van der Waals surface area contributed by atoms with Crippen molar-refractivity contribution in [2.24, 2.45) is 11.5 Å². The van der Waals surface area contributed by atoms with Crippen LogP contribution in [-0.2, 0) is 16.0 Å². The molecule has 12 nitrogen and oxygen atoms in total. The Bertz CT molecular complexity index is 1290. The van der Waals surface area contributed by atoms with Gasteiger partial charge in [-0.05, 0) is 35.9 Å². The number of hydrogen-bond acceptors (Lipinski definition) is 7. The van der Waals surface area contributed by atoms with E-state index in [1.807, 2.05) is 0 Å². The number of nitrogens with one attached hydrogen (secondary N) is 2. The number of carbonyl (C=O) groups is 4. The Hall–Kier alpha value is -4.45. The molecule has 3 rings (SSSR count). The van der Waals surface area contributed by atoms with E-state index in [4.69, 9.17) is 16.6 Å². The van der Waals surface area contributed by atoms with Crippen molar-refractivity contribution in [1.82, 2.24) is 14.9 Å². The Morgan fingerprint density at radius 2 is 1.76 bits per heavy atom. The topological polar surface area (TPSA) is 211 Å². The number of rotatable bonds is 8. The zero-order valence-electron chi connectivity index (χ0n) is 17.1. The second-order valence-corrected chi connectivity index (χ2v) is 7.34. The van der Waals surface area contributed by atoms with E-state index in [0.717, 1.165) is 4.57 Å². The van der Waals surface area contributed by atoms with Crippen molar-refractivity contribution in [2.75, 3.05) is 0 Å². The minimum absolute atomic E-state index is 0.0130. The van der Waals surface area contributed by atoms with Gasteiger partial charge in [0, 0.05) is 12.0 Å². The zero-order chi connectivity index (χ0) is 24.3. The highest BCUT2D eigenvalue weighted by Gasteiger charge is 2.28. The van der Waals surface area contributed by atoms with Gasteiger partial charge in [-0.15, -0.1) is 0 Å². The van der Waals surface area contributed by atoms with Gasteiger partial charge in [0.25, 0.3) is 5.91 Å². The van der Waals surface area contributed by atoms with Gasteiger partial charge in [0.1, 0.15) is 11.8 Å². The van der Waals surface area contributed by atoms with E-state index in [1.165, 1.54) is 42.5 Å². The molecule has 2 unspecified atom stereocenters. The predicted molar refractivity (Wildman–Crippen MR) is 116 cm³/mol. The third kappa shape index (κ3) is 5.25. The van der Waals surface area contributed by atoms with Crippen LogP contribution in [-0.4, -0.2) is 55.5 Å². The smallest absolute Gasteiger partial charge is 0.333 e. The highest BCUT2D eigenvalue weighted by Crippen LogP contribution is 2.16. The molecular weight excluding hydrogens is 434 g/mol. The first-order valence-corrected chi connectivity index (χ1v) is 9.71. The van der Waals surface area contributed by atoms with Crippen molar-refractivity contribution >= 4 is 34.7 Å². The van der Waals surface area contributed by atoms with E-state index in [0.29, 0.717) is 5.56 Å². The molecule has 0 spiro atoms. The average Bonchev–Trinajstić information content (AvgIpc) is 3.08. The molecule has 172 valence electrons. The molecule has 0 aliphatic rings. The number of phenolic OH excluding ortho intramolecular Hbond substituents is 1. The maximum Gasteiger partial charge on any atom is 0.333 e. The number of aliphatic carboxylic acids is 1. The fourth-order valence-corrected chi connectivity index (χ4v) is 3.26. The van der Waals surface area contributed by atoms with Gasteiger partial charge in [-0.25, -0.2) is 9.36 Å². The lowest BCUT2D eigenvalue weighted by molar-refractivity contribution is -0.139. The first-order chi connectivity index (χ1) is 15.6. The number of carboxylic acid groups (broad SMARTS) is 1. The first kappa shape index (κ1) is 23.2. The molecule has 0 saturated carbocycles. The van der Waals surface area contributed by atoms with Crippen LogP contribution < -0.4 is 22.5 Å². The van der Waals surface area contributed by atoms with Crippen LogP contribution in [0.25, 0.3) is 11.0 Å². The van der Waals surface area contributed by atoms with Gasteiger partial charge in [-0.3, -0.25) is 19.2 Å². The molecule has 2 atom stereocenters. The number of carboxylic acids is 1. The van der Waals surface area contributed by atoms with E-state index < -0.39 is 47.9 Å². The van der Waals surface area contributed by atoms with Gasteiger partial charge >= 0.3 is 11.7 Å². The highest BCUT2D eigenvalue weighted by molar-refractivity contribution is 6.00. The summed E-state index contributed by atoms with van der Waals surface area (Å²) in [5, 5.41) is 20.8. The SMILES string of the molecule is NC(=O)c1ccc2[nH]c(=O)n(C(=O)C(Cc3ccc(O)cc3)NC(=O)C(N)CC(=O)O)c2c1. The summed E-state index contributed by atoms with van der Waals surface area (Å²) in [5.74, 6) is -3.83. The van der Waals surface area contributed by atoms with Crippen LogP contribution in [0.15, 0.2) is 47.3 Å². The molecule has 0 saturated heterocycles. The molecule has 3 aromatic rings. The third-order valence-electron chi connectivity index (χ3n) is 4.91. The lowest BCUT2D eigenvalue weighted by Gasteiger charge is -2.20. The quantitative estimate of drug-likeness (QED) is 0.255. The fourth-order valence-electron chi connectivity index (χ4n) is 3.26. The second-order valence-electron chi connectivity index (χ2n) is 7.34. The van der Waals surface area contributed by atoms with Gasteiger partial charge in [-0.1, -0.05) is 12.1 Å². The number of hydrogen-bond donors (Lipinski definition) is 6. The van der Waals surface area contributed by atoms with Crippen molar-refractivity contribution in [3.63, 3.8) is 0 Å². The number of aromatic hydroxyl groups is 1. The molecule has 2 aromatic carbocycles. The van der Waals surface area contributed by atoms with Crippen LogP contribution in [0.3, 0.4) is 0 Å². The Morgan fingerprint density at radius 3 is 2.36 bits per heavy atom.